The van der Waals surface area contributed by atoms with E-state index in [-0.39, 0.29) is 17.9 Å². The number of rotatable bonds is 4. The van der Waals surface area contributed by atoms with Gasteiger partial charge in [0.2, 0.25) is 0 Å². The van der Waals surface area contributed by atoms with Crippen molar-refractivity contribution in [1.29, 1.82) is 0 Å². The number of nitrogens with zero attached hydrogens (tertiary/aromatic N) is 2. The van der Waals surface area contributed by atoms with Gasteiger partial charge in [0.15, 0.2) is 0 Å². The Labute approximate surface area is 127 Å². The number of carbonyl (C=O) groups is 1. The normalized spacial score (nSPS) is 12.4. The van der Waals surface area contributed by atoms with Gasteiger partial charge in [-0.3, -0.25) is 4.79 Å². The summed E-state index contributed by atoms with van der Waals surface area (Å²) in [5, 5.41) is 6.02. The zero-order valence-electron chi connectivity index (χ0n) is 11.6. The van der Waals surface area contributed by atoms with Crippen molar-refractivity contribution in [3.63, 3.8) is 0 Å². The van der Waals surface area contributed by atoms with E-state index in [4.69, 9.17) is 11.6 Å². The molecule has 0 saturated heterocycles. The fourth-order valence-electron chi connectivity index (χ4n) is 1.73. The molecule has 0 aliphatic rings. The van der Waals surface area contributed by atoms with Crippen molar-refractivity contribution >= 4 is 28.8 Å². The number of nitrogens with one attached hydrogen (secondary N) is 1. The van der Waals surface area contributed by atoms with Crippen LogP contribution >= 0.6 is 22.9 Å². The lowest BCUT2D eigenvalue weighted by Crippen LogP contribution is -2.26. The van der Waals surface area contributed by atoms with Crippen molar-refractivity contribution in [2.75, 3.05) is 0 Å². The van der Waals surface area contributed by atoms with Crippen LogP contribution in [-0.2, 0) is 0 Å². The van der Waals surface area contributed by atoms with Crippen molar-refractivity contribution < 1.29 is 4.79 Å². The molecule has 0 fully saturated rings. The minimum absolute atomic E-state index is 0.128. The first-order valence-electron chi connectivity index (χ1n) is 6.35. The molecule has 0 aromatic carbocycles. The first-order valence-corrected chi connectivity index (χ1v) is 7.61. The number of halogens is 1. The Bertz CT molecular complexity index is 598. The fourth-order valence-corrected chi connectivity index (χ4v) is 2.60. The lowest BCUT2D eigenvalue weighted by Gasteiger charge is -2.13. The SMILES string of the molecule is CC(C)c1cc(C(=O)NC(C)c2nccs2)cc(Cl)n1. The zero-order chi connectivity index (χ0) is 14.7. The van der Waals surface area contributed by atoms with Gasteiger partial charge in [0.1, 0.15) is 10.2 Å². The first kappa shape index (κ1) is 14.9. The molecule has 1 unspecified atom stereocenters. The number of aromatic nitrogens is 2. The summed E-state index contributed by atoms with van der Waals surface area (Å²) < 4.78 is 0. The Hall–Kier alpha value is -1.46. The highest BCUT2D eigenvalue weighted by atomic mass is 35.5. The molecule has 2 aromatic rings. The number of pyridine rings is 1. The molecule has 106 valence electrons. The minimum Gasteiger partial charge on any atom is -0.343 e. The molecule has 0 saturated carbocycles. The Balaban J connectivity index is 2.17. The third kappa shape index (κ3) is 3.55. The number of thiazole rings is 1. The highest BCUT2D eigenvalue weighted by Gasteiger charge is 2.15. The van der Waals surface area contributed by atoms with E-state index in [2.05, 4.69) is 15.3 Å². The number of carbonyl (C=O) groups excluding carboxylic acids is 1. The molecule has 2 rings (SSSR count). The van der Waals surface area contributed by atoms with E-state index in [0.29, 0.717) is 10.7 Å². The molecule has 4 nitrogen and oxygen atoms in total. The molecule has 2 heterocycles. The second-order valence-electron chi connectivity index (χ2n) is 4.82. The van der Waals surface area contributed by atoms with Crippen LogP contribution < -0.4 is 5.32 Å². The van der Waals surface area contributed by atoms with Crippen LogP contribution in [0.3, 0.4) is 0 Å². The van der Waals surface area contributed by atoms with E-state index in [9.17, 15) is 4.79 Å². The smallest absolute Gasteiger partial charge is 0.252 e. The number of amides is 1. The van der Waals surface area contributed by atoms with E-state index in [0.717, 1.165) is 10.7 Å². The van der Waals surface area contributed by atoms with Crippen molar-refractivity contribution in [3.8, 4) is 0 Å². The summed E-state index contributed by atoms with van der Waals surface area (Å²) in [6, 6.07) is 3.23. The van der Waals surface area contributed by atoms with Crippen LogP contribution in [0.5, 0.6) is 0 Å². The second kappa shape index (κ2) is 6.33. The number of hydrogen-bond acceptors (Lipinski definition) is 4. The molecule has 2 aromatic heterocycles. The average molecular weight is 310 g/mol. The molecule has 0 aliphatic heterocycles. The highest BCUT2D eigenvalue weighted by Crippen LogP contribution is 2.19. The Kier molecular flexibility index (Phi) is 4.73. The standard InChI is InChI=1S/C14H16ClN3OS/c1-8(2)11-6-10(7-12(15)18-11)13(19)17-9(3)14-16-4-5-20-14/h4-9H,1-3H3,(H,17,19). The molecular weight excluding hydrogens is 294 g/mol. The van der Waals surface area contributed by atoms with E-state index in [1.54, 1.807) is 18.3 Å². The summed E-state index contributed by atoms with van der Waals surface area (Å²) in [5.74, 6) is 0.0514. The lowest BCUT2D eigenvalue weighted by molar-refractivity contribution is 0.0939. The van der Waals surface area contributed by atoms with Crippen LogP contribution in [0.25, 0.3) is 0 Å². The van der Waals surface area contributed by atoms with Gasteiger partial charge in [0.05, 0.1) is 6.04 Å². The van der Waals surface area contributed by atoms with Crippen LogP contribution in [0.2, 0.25) is 5.15 Å². The molecule has 0 spiro atoms. The van der Waals surface area contributed by atoms with Gasteiger partial charge in [0, 0.05) is 22.8 Å². The predicted octanol–water partition coefficient (Wildman–Crippen LogP) is 3.81. The summed E-state index contributed by atoms with van der Waals surface area (Å²) in [7, 11) is 0. The van der Waals surface area contributed by atoms with Crippen molar-refractivity contribution in [2.45, 2.75) is 32.7 Å². The van der Waals surface area contributed by atoms with Gasteiger partial charge in [-0.15, -0.1) is 11.3 Å². The van der Waals surface area contributed by atoms with Crippen molar-refractivity contribution in [2.24, 2.45) is 0 Å². The third-order valence-electron chi connectivity index (χ3n) is 2.84. The van der Waals surface area contributed by atoms with E-state index in [1.807, 2.05) is 26.2 Å². The molecule has 1 atom stereocenters. The molecule has 1 amide bonds. The molecule has 1 N–H and O–H groups in total. The zero-order valence-corrected chi connectivity index (χ0v) is 13.1. The summed E-state index contributed by atoms with van der Waals surface area (Å²) in [6.45, 7) is 5.93. The average Bonchev–Trinajstić information content (AvgIpc) is 2.91. The van der Waals surface area contributed by atoms with E-state index < -0.39 is 0 Å². The van der Waals surface area contributed by atoms with Gasteiger partial charge in [-0.1, -0.05) is 25.4 Å². The van der Waals surface area contributed by atoms with Crippen LogP contribution in [0.1, 0.15) is 53.8 Å². The Morgan fingerprint density at radius 3 is 2.70 bits per heavy atom. The molecule has 0 radical (unpaired) electrons. The van der Waals surface area contributed by atoms with Crippen LogP contribution in [0.4, 0.5) is 0 Å². The van der Waals surface area contributed by atoms with Gasteiger partial charge in [-0.05, 0) is 25.0 Å². The summed E-state index contributed by atoms with van der Waals surface area (Å²) in [6.07, 6.45) is 1.73. The lowest BCUT2D eigenvalue weighted by atomic mass is 10.1. The Morgan fingerprint density at radius 1 is 1.35 bits per heavy atom. The topological polar surface area (TPSA) is 54.9 Å². The van der Waals surface area contributed by atoms with Crippen molar-refractivity contribution in [1.82, 2.24) is 15.3 Å². The minimum atomic E-state index is -0.168. The van der Waals surface area contributed by atoms with Crippen LogP contribution in [0, 0.1) is 0 Å². The first-order chi connectivity index (χ1) is 9.47. The molecule has 0 bridgehead atoms. The maximum atomic E-state index is 12.3. The van der Waals surface area contributed by atoms with Gasteiger partial charge >= 0.3 is 0 Å². The quantitative estimate of drug-likeness (QED) is 0.874. The van der Waals surface area contributed by atoms with Crippen molar-refractivity contribution in [3.05, 3.63) is 45.1 Å². The molecule has 6 heteroatoms. The van der Waals surface area contributed by atoms with Crippen LogP contribution in [0.15, 0.2) is 23.7 Å². The predicted molar refractivity (Wildman–Crippen MR) is 81.3 cm³/mol. The largest absolute Gasteiger partial charge is 0.343 e. The molecule has 0 aliphatic carbocycles. The maximum Gasteiger partial charge on any atom is 0.252 e. The van der Waals surface area contributed by atoms with Gasteiger partial charge in [0.25, 0.3) is 5.91 Å². The van der Waals surface area contributed by atoms with Crippen LogP contribution in [-0.4, -0.2) is 15.9 Å². The fraction of sp³-hybridized carbons (Fsp3) is 0.357. The van der Waals surface area contributed by atoms with E-state index in [1.165, 1.54) is 11.3 Å². The maximum absolute atomic E-state index is 12.3. The second-order valence-corrected chi connectivity index (χ2v) is 6.14. The van der Waals surface area contributed by atoms with Gasteiger partial charge in [-0.25, -0.2) is 9.97 Å². The molecular formula is C14H16ClN3OS. The Morgan fingerprint density at radius 2 is 2.10 bits per heavy atom. The highest BCUT2D eigenvalue weighted by molar-refractivity contribution is 7.09. The summed E-state index contributed by atoms with van der Waals surface area (Å²) in [4.78, 5) is 20.7. The number of hydrogen-bond donors (Lipinski definition) is 1. The van der Waals surface area contributed by atoms with E-state index >= 15 is 0 Å². The third-order valence-corrected chi connectivity index (χ3v) is 3.99. The van der Waals surface area contributed by atoms with Gasteiger partial charge in [-0.2, -0.15) is 0 Å². The monoisotopic (exact) mass is 309 g/mol. The summed E-state index contributed by atoms with van der Waals surface area (Å²) >= 11 is 7.49. The van der Waals surface area contributed by atoms with Gasteiger partial charge < -0.3 is 5.32 Å². The molecule has 20 heavy (non-hydrogen) atoms. The summed E-state index contributed by atoms with van der Waals surface area (Å²) in [5.41, 5.74) is 1.33.